The molecule has 1 saturated heterocycles. The number of benzene rings is 2. The van der Waals surface area contributed by atoms with Crippen molar-refractivity contribution in [2.45, 2.75) is 0 Å². The van der Waals surface area contributed by atoms with E-state index >= 15 is 0 Å². The van der Waals surface area contributed by atoms with Crippen molar-refractivity contribution in [2.24, 2.45) is 22.9 Å². The average molecular weight is 266 g/mol. The van der Waals surface area contributed by atoms with Crippen LogP contribution in [-0.4, -0.2) is 25.9 Å². The summed E-state index contributed by atoms with van der Waals surface area (Å²) in [6.07, 6.45) is 0. The van der Waals surface area contributed by atoms with Crippen LogP contribution in [0.25, 0.3) is 10.8 Å². The molecule has 0 bridgehead atoms. The minimum absolute atomic E-state index is 0.567. The second kappa shape index (κ2) is 4.60. The number of nitrogens with zero attached hydrogens (tertiary/aromatic N) is 1. The highest BCUT2D eigenvalue weighted by atomic mass is 16.6. The van der Waals surface area contributed by atoms with E-state index < -0.39 is 0 Å². The highest BCUT2D eigenvalue weighted by Gasteiger charge is 2.55. The number of hydrogen-bond donors (Lipinski definition) is 1. The number of nitrogens with one attached hydrogen (secondary N) is 1. The van der Waals surface area contributed by atoms with Gasteiger partial charge < -0.3 is 10.2 Å². The Kier molecular flexibility index (Phi) is 2.74. The second-order valence-electron chi connectivity index (χ2n) is 5.73. The molecule has 0 spiro atoms. The van der Waals surface area contributed by atoms with Gasteiger partial charge in [-0.2, -0.15) is 0 Å². The van der Waals surface area contributed by atoms with Gasteiger partial charge in [-0.25, -0.2) is 0 Å². The first-order valence-corrected chi connectivity index (χ1v) is 7.19. The van der Waals surface area contributed by atoms with Gasteiger partial charge in [0.05, 0.1) is 5.71 Å². The molecule has 3 heteroatoms. The molecular formula is C17H18N2O. The molecule has 2 aliphatic rings. The zero-order chi connectivity index (χ0) is 13.5. The molecule has 2 aromatic rings. The van der Waals surface area contributed by atoms with Crippen molar-refractivity contribution in [3.05, 3.63) is 48.0 Å². The predicted octanol–water partition coefficient (Wildman–Crippen LogP) is 2.66. The average Bonchev–Trinajstić information content (AvgIpc) is 2.94. The third-order valence-electron chi connectivity index (χ3n) is 4.64. The fraction of sp³-hybridized carbons (Fsp3) is 0.353. The molecule has 20 heavy (non-hydrogen) atoms. The Morgan fingerprint density at radius 2 is 1.85 bits per heavy atom. The lowest BCUT2D eigenvalue weighted by Gasteiger charge is -2.09. The molecule has 4 rings (SSSR count). The smallest absolute Gasteiger partial charge is 0.106 e. The molecule has 102 valence electrons. The molecular weight excluding hydrogens is 248 g/mol. The number of rotatable bonds is 3. The lowest BCUT2D eigenvalue weighted by atomic mass is 10.00. The van der Waals surface area contributed by atoms with Crippen molar-refractivity contribution in [3.8, 4) is 0 Å². The van der Waals surface area contributed by atoms with Crippen molar-refractivity contribution < 1.29 is 4.84 Å². The normalized spacial score (nSPS) is 28.4. The summed E-state index contributed by atoms with van der Waals surface area (Å²) in [6, 6.07) is 15.0. The Labute approximate surface area is 118 Å². The minimum Gasteiger partial charge on any atom is -0.399 e. The van der Waals surface area contributed by atoms with Crippen molar-refractivity contribution in [3.63, 3.8) is 0 Å². The van der Waals surface area contributed by atoms with E-state index in [2.05, 4.69) is 52.9 Å². The Morgan fingerprint density at radius 3 is 2.60 bits per heavy atom. The maximum absolute atomic E-state index is 5.10. The molecule has 3 nitrogen and oxygen atoms in total. The first-order valence-electron chi connectivity index (χ1n) is 7.19. The van der Waals surface area contributed by atoms with E-state index in [1.807, 2.05) is 0 Å². The van der Waals surface area contributed by atoms with Crippen LogP contribution in [0.4, 0.5) is 0 Å². The van der Waals surface area contributed by atoms with Crippen LogP contribution in [0, 0.1) is 17.8 Å². The summed E-state index contributed by atoms with van der Waals surface area (Å²) in [5, 5.41) is 10.3. The van der Waals surface area contributed by atoms with Crippen LogP contribution in [-0.2, 0) is 4.84 Å². The molecule has 1 N–H and O–H groups in total. The molecule has 1 heterocycles. The van der Waals surface area contributed by atoms with Crippen molar-refractivity contribution in [2.75, 3.05) is 20.2 Å². The highest BCUT2D eigenvalue weighted by Crippen LogP contribution is 2.50. The first-order chi connectivity index (χ1) is 9.88. The molecule has 1 aliphatic carbocycles. The fourth-order valence-corrected chi connectivity index (χ4v) is 3.58. The molecule has 2 atom stereocenters. The lowest BCUT2D eigenvalue weighted by Crippen LogP contribution is -2.19. The third kappa shape index (κ3) is 1.81. The molecule has 0 aromatic heterocycles. The number of oxime groups is 1. The summed E-state index contributed by atoms with van der Waals surface area (Å²) in [6.45, 7) is 2.23. The summed E-state index contributed by atoms with van der Waals surface area (Å²) in [7, 11) is 1.64. The number of piperidine rings is 1. The lowest BCUT2D eigenvalue weighted by molar-refractivity contribution is 0.212. The maximum atomic E-state index is 5.10. The Bertz CT molecular complexity index is 669. The van der Waals surface area contributed by atoms with E-state index in [1.165, 1.54) is 16.3 Å². The van der Waals surface area contributed by atoms with Crippen molar-refractivity contribution in [1.82, 2.24) is 5.32 Å². The first kappa shape index (κ1) is 11.9. The summed E-state index contributed by atoms with van der Waals surface area (Å²) in [4.78, 5) is 5.10. The van der Waals surface area contributed by atoms with Gasteiger partial charge in [-0.3, -0.25) is 0 Å². The zero-order valence-electron chi connectivity index (χ0n) is 11.5. The van der Waals surface area contributed by atoms with E-state index in [1.54, 1.807) is 7.11 Å². The van der Waals surface area contributed by atoms with Gasteiger partial charge in [-0.05, 0) is 41.8 Å². The summed E-state index contributed by atoms with van der Waals surface area (Å²) in [5.41, 5.74) is 2.32. The van der Waals surface area contributed by atoms with Crippen LogP contribution >= 0.6 is 0 Å². The van der Waals surface area contributed by atoms with Crippen LogP contribution in [0.1, 0.15) is 5.56 Å². The van der Waals surface area contributed by atoms with Gasteiger partial charge in [-0.1, -0.05) is 41.6 Å². The van der Waals surface area contributed by atoms with Crippen LogP contribution in [0.3, 0.4) is 0 Å². The zero-order valence-corrected chi connectivity index (χ0v) is 11.5. The number of fused-ring (bicyclic) bond motifs is 2. The van der Waals surface area contributed by atoms with Crippen LogP contribution in [0.15, 0.2) is 47.6 Å². The van der Waals surface area contributed by atoms with E-state index in [4.69, 9.17) is 4.84 Å². The van der Waals surface area contributed by atoms with Crippen LogP contribution < -0.4 is 5.32 Å². The number of hydrogen-bond acceptors (Lipinski definition) is 3. The Hall–Kier alpha value is -1.87. The van der Waals surface area contributed by atoms with E-state index in [0.717, 1.165) is 30.6 Å². The van der Waals surface area contributed by atoms with Gasteiger partial charge in [0.2, 0.25) is 0 Å². The monoisotopic (exact) mass is 266 g/mol. The molecule has 1 saturated carbocycles. The van der Waals surface area contributed by atoms with Gasteiger partial charge >= 0.3 is 0 Å². The van der Waals surface area contributed by atoms with Gasteiger partial charge in [0.1, 0.15) is 7.11 Å². The van der Waals surface area contributed by atoms with Crippen LogP contribution in [0.2, 0.25) is 0 Å². The third-order valence-corrected chi connectivity index (χ3v) is 4.64. The van der Waals surface area contributed by atoms with Gasteiger partial charge in [-0.15, -0.1) is 0 Å². The second-order valence-corrected chi connectivity index (χ2v) is 5.73. The molecule has 2 unspecified atom stereocenters. The van der Waals surface area contributed by atoms with E-state index in [-0.39, 0.29) is 0 Å². The van der Waals surface area contributed by atoms with E-state index in [9.17, 15) is 0 Å². The molecule has 0 radical (unpaired) electrons. The predicted molar refractivity (Wildman–Crippen MR) is 80.8 cm³/mol. The molecule has 1 aliphatic heterocycles. The van der Waals surface area contributed by atoms with Gasteiger partial charge in [0, 0.05) is 11.5 Å². The largest absolute Gasteiger partial charge is 0.399 e. The van der Waals surface area contributed by atoms with E-state index in [0.29, 0.717) is 5.92 Å². The molecule has 2 fully saturated rings. The minimum atomic E-state index is 0.567. The van der Waals surface area contributed by atoms with Gasteiger partial charge in [0.15, 0.2) is 0 Å². The van der Waals surface area contributed by atoms with Crippen molar-refractivity contribution >= 4 is 16.5 Å². The standard InChI is InChI=1S/C17H18N2O/c1-20-19-17(16-14-9-18-10-15(14)16)13-7-6-11-4-2-3-5-12(11)8-13/h2-8,14-16,18H,9-10H2,1H3. The Morgan fingerprint density at radius 1 is 1.10 bits per heavy atom. The molecule has 0 amide bonds. The fourth-order valence-electron chi connectivity index (χ4n) is 3.58. The summed E-state index contributed by atoms with van der Waals surface area (Å²) >= 11 is 0. The summed E-state index contributed by atoms with van der Waals surface area (Å²) in [5.74, 6) is 2.06. The van der Waals surface area contributed by atoms with Gasteiger partial charge in [0.25, 0.3) is 0 Å². The maximum Gasteiger partial charge on any atom is 0.106 e. The SMILES string of the molecule is CON=C(c1ccc2ccccc2c1)C1C2CNCC21. The Balaban J connectivity index is 1.73. The van der Waals surface area contributed by atoms with Crippen molar-refractivity contribution in [1.29, 1.82) is 0 Å². The quantitative estimate of drug-likeness (QED) is 0.684. The highest BCUT2D eigenvalue weighted by molar-refractivity contribution is 6.06. The summed E-state index contributed by atoms with van der Waals surface area (Å²) < 4.78 is 0. The molecule has 2 aromatic carbocycles. The topological polar surface area (TPSA) is 33.6 Å². The van der Waals surface area contributed by atoms with Crippen LogP contribution in [0.5, 0.6) is 0 Å².